The lowest BCUT2D eigenvalue weighted by Crippen LogP contribution is -2.51. The van der Waals surface area contributed by atoms with Crippen molar-refractivity contribution in [2.45, 2.75) is 51.2 Å². The van der Waals surface area contributed by atoms with E-state index < -0.39 is 0 Å². The largest absolute Gasteiger partial charge is 0.487 e. The molecule has 0 radical (unpaired) electrons. The van der Waals surface area contributed by atoms with Crippen molar-refractivity contribution in [3.63, 3.8) is 0 Å². The van der Waals surface area contributed by atoms with E-state index in [9.17, 15) is 0 Å². The average molecular weight is 323 g/mol. The maximum Gasteiger partial charge on any atom is 0.120 e. The van der Waals surface area contributed by atoms with E-state index in [-0.39, 0.29) is 5.60 Å². The SMILES string of the molecule is CCC(C)N1CCC(Cc2ccccc2)(Oc2ccccc2)CC1. The Morgan fingerprint density at radius 1 is 0.958 bits per heavy atom. The number of nitrogens with zero attached hydrogens (tertiary/aromatic N) is 1. The predicted octanol–water partition coefficient (Wildman–Crippen LogP) is 4.94. The number of piperidine rings is 1. The first kappa shape index (κ1) is 17.0. The number of likely N-dealkylation sites (tertiary alicyclic amines) is 1. The summed E-state index contributed by atoms with van der Waals surface area (Å²) < 4.78 is 6.58. The number of hydrogen-bond donors (Lipinski definition) is 0. The Labute approximate surface area is 146 Å². The summed E-state index contributed by atoms with van der Waals surface area (Å²) >= 11 is 0. The summed E-state index contributed by atoms with van der Waals surface area (Å²) in [6.07, 6.45) is 4.37. The van der Waals surface area contributed by atoms with Crippen LogP contribution in [0.3, 0.4) is 0 Å². The zero-order valence-corrected chi connectivity index (χ0v) is 14.9. The van der Waals surface area contributed by atoms with Gasteiger partial charge in [0.05, 0.1) is 0 Å². The number of para-hydroxylation sites is 1. The molecule has 1 saturated heterocycles. The zero-order valence-electron chi connectivity index (χ0n) is 14.9. The smallest absolute Gasteiger partial charge is 0.120 e. The number of benzene rings is 2. The fraction of sp³-hybridized carbons (Fsp3) is 0.455. The van der Waals surface area contributed by atoms with Gasteiger partial charge >= 0.3 is 0 Å². The molecule has 0 aromatic heterocycles. The number of ether oxygens (including phenoxy) is 1. The molecule has 0 spiro atoms. The summed E-state index contributed by atoms with van der Waals surface area (Å²) in [6, 6.07) is 21.7. The summed E-state index contributed by atoms with van der Waals surface area (Å²) in [5.41, 5.74) is 1.28. The van der Waals surface area contributed by atoms with E-state index in [0.29, 0.717) is 6.04 Å². The van der Waals surface area contributed by atoms with Crippen LogP contribution in [0.2, 0.25) is 0 Å². The maximum absolute atomic E-state index is 6.58. The topological polar surface area (TPSA) is 12.5 Å². The Bertz CT molecular complexity index is 559. The fourth-order valence-corrected chi connectivity index (χ4v) is 3.65. The molecule has 2 heteroatoms. The molecule has 0 N–H and O–H groups in total. The van der Waals surface area contributed by atoms with Crippen molar-refractivity contribution in [3.8, 4) is 5.75 Å². The van der Waals surface area contributed by atoms with Crippen LogP contribution in [0.1, 0.15) is 38.7 Å². The van der Waals surface area contributed by atoms with E-state index in [0.717, 1.165) is 38.1 Å². The highest BCUT2D eigenvalue weighted by atomic mass is 16.5. The molecule has 0 amide bonds. The third-order valence-corrected chi connectivity index (χ3v) is 5.37. The minimum atomic E-state index is -0.0906. The lowest BCUT2D eigenvalue weighted by Gasteiger charge is -2.44. The molecule has 1 unspecified atom stereocenters. The Morgan fingerprint density at radius 3 is 2.12 bits per heavy atom. The standard InChI is InChI=1S/C22H29NO/c1-3-19(2)23-16-14-22(15-17-23,18-20-10-6-4-7-11-20)24-21-12-8-5-9-13-21/h4-13,19H,3,14-18H2,1-2H3. The second kappa shape index (κ2) is 7.85. The van der Waals surface area contributed by atoms with E-state index in [1.165, 1.54) is 12.0 Å². The first-order valence-corrected chi connectivity index (χ1v) is 9.23. The summed E-state index contributed by atoms with van der Waals surface area (Å²) in [6.45, 7) is 6.85. The molecule has 1 fully saturated rings. The van der Waals surface area contributed by atoms with Crippen molar-refractivity contribution >= 4 is 0 Å². The van der Waals surface area contributed by atoms with Gasteiger partial charge in [0.1, 0.15) is 11.4 Å². The molecular weight excluding hydrogens is 294 g/mol. The molecule has 3 rings (SSSR count). The zero-order chi connectivity index (χ0) is 16.8. The van der Waals surface area contributed by atoms with Crippen LogP contribution in [-0.2, 0) is 6.42 Å². The first-order chi connectivity index (χ1) is 11.7. The molecule has 1 atom stereocenters. The predicted molar refractivity (Wildman–Crippen MR) is 101 cm³/mol. The van der Waals surface area contributed by atoms with Crippen molar-refractivity contribution < 1.29 is 4.74 Å². The molecular formula is C22H29NO. The van der Waals surface area contributed by atoms with Crippen molar-refractivity contribution in [2.75, 3.05) is 13.1 Å². The van der Waals surface area contributed by atoms with E-state index in [1.807, 2.05) is 6.07 Å². The Morgan fingerprint density at radius 2 is 1.54 bits per heavy atom. The third kappa shape index (κ3) is 4.18. The molecule has 2 nitrogen and oxygen atoms in total. The molecule has 1 heterocycles. The van der Waals surface area contributed by atoms with E-state index >= 15 is 0 Å². The molecule has 1 aliphatic rings. The molecule has 0 aliphatic carbocycles. The van der Waals surface area contributed by atoms with Gasteiger partial charge in [-0.1, -0.05) is 55.5 Å². The molecule has 2 aromatic carbocycles. The monoisotopic (exact) mass is 323 g/mol. The van der Waals surface area contributed by atoms with E-state index in [2.05, 4.69) is 73.3 Å². The van der Waals surface area contributed by atoms with Gasteiger partial charge in [-0.2, -0.15) is 0 Å². The van der Waals surface area contributed by atoms with Gasteiger partial charge in [-0.3, -0.25) is 0 Å². The van der Waals surface area contributed by atoms with E-state index in [4.69, 9.17) is 4.74 Å². The second-order valence-corrected chi connectivity index (χ2v) is 7.05. The molecule has 0 saturated carbocycles. The summed E-state index contributed by atoms with van der Waals surface area (Å²) in [4.78, 5) is 2.61. The van der Waals surface area contributed by atoms with Crippen molar-refractivity contribution in [2.24, 2.45) is 0 Å². The Kier molecular flexibility index (Phi) is 5.57. The second-order valence-electron chi connectivity index (χ2n) is 7.05. The van der Waals surface area contributed by atoms with Crippen molar-refractivity contribution in [1.82, 2.24) is 4.90 Å². The van der Waals surface area contributed by atoms with Gasteiger partial charge in [-0.25, -0.2) is 0 Å². The van der Waals surface area contributed by atoms with Crippen LogP contribution in [0.4, 0.5) is 0 Å². The highest BCUT2D eigenvalue weighted by Gasteiger charge is 2.37. The first-order valence-electron chi connectivity index (χ1n) is 9.23. The minimum absolute atomic E-state index is 0.0906. The molecule has 1 aliphatic heterocycles. The van der Waals surface area contributed by atoms with Crippen LogP contribution in [0, 0.1) is 0 Å². The van der Waals surface area contributed by atoms with E-state index in [1.54, 1.807) is 0 Å². The van der Waals surface area contributed by atoms with Gasteiger partial charge in [-0.05, 0) is 31.0 Å². The quantitative estimate of drug-likeness (QED) is 0.746. The van der Waals surface area contributed by atoms with Gasteiger partial charge < -0.3 is 9.64 Å². The van der Waals surface area contributed by atoms with Gasteiger partial charge in [0, 0.05) is 38.4 Å². The Hall–Kier alpha value is -1.80. The van der Waals surface area contributed by atoms with Crippen LogP contribution in [0.15, 0.2) is 60.7 Å². The average Bonchev–Trinajstić information content (AvgIpc) is 2.63. The molecule has 24 heavy (non-hydrogen) atoms. The molecule has 0 bridgehead atoms. The summed E-state index contributed by atoms with van der Waals surface area (Å²) in [5, 5.41) is 0. The summed E-state index contributed by atoms with van der Waals surface area (Å²) in [7, 11) is 0. The van der Waals surface area contributed by atoms with Gasteiger partial charge in [0.15, 0.2) is 0 Å². The Balaban J connectivity index is 1.77. The van der Waals surface area contributed by atoms with Crippen LogP contribution < -0.4 is 4.74 Å². The maximum atomic E-state index is 6.58. The minimum Gasteiger partial charge on any atom is -0.487 e. The highest BCUT2D eigenvalue weighted by Crippen LogP contribution is 2.33. The lowest BCUT2D eigenvalue weighted by atomic mass is 9.84. The highest BCUT2D eigenvalue weighted by molar-refractivity contribution is 5.24. The fourth-order valence-electron chi connectivity index (χ4n) is 3.65. The third-order valence-electron chi connectivity index (χ3n) is 5.37. The number of rotatable bonds is 6. The van der Waals surface area contributed by atoms with Gasteiger partial charge in [0.2, 0.25) is 0 Å². The van der Waals surface area contributed by atoms with Crippen LogP contribution in [0.5, 0.6) is 5.75 Å². The van der Waals surface area contributed by atoms with Gasteiger partial charge in [-0.15, -0.1) is 0 Å². The molecule has 2 aromatic rings. The van der Waals surface area contributed by atoms with Crippen LogP contribution >= 0.6 is 0 Å². The normalized spacial score (nSPS) is 18.9. The lowest BCUT2D eigenvalue weighted by molar-refractivity contribution is -0.00851. The van der Waals surface area contributed by atoms with Crippen molar-refractivity contribution in [1.29, 1.82) is 0 Å². The van der Waals surface area contributed by atoms with Gasteiger partial charge in [0.25, 0.3) is 0 Å². The number of hydrogen-bond acceptors (Lipinski definition) is 2. The van der Waals surface area contributed by atoms with Crippen molar-refractivity contribution in [3.05, 3.63) is 66.2 Å². The molecule has 128 valence electrons. The van der Waals surface area contributed by atoms with Crippen LogP contribution in [0.25, 0.3) is 0 Å². The van der Waals surface area contributed by atoms with Crippen LogP contribution in [-0.4, -0.2) is 29.6 Å². The summed E-state index contributed by atoms with van der Waals surface area (Å²) in [5.74, 6) is 0.991.